The Morgan fingerprint density at radius 1 is 1.30 bits per heavy atom. The second-order valence-electron chi connectivity index (χ2n) is 4.33. The van der Waals surface area contributed by atoms with Gasteiger partial charge in [0.25, 0.3) is 0 Å². The summed E-state index contributed by atoms with van der Waals surface area (Å²) in [5.74, 6) is 1.69. The second kappa shape index (κ2) is 10.0. The standard InChI is InChI=1S/C14H21BrFN3S/c1-17-14(18-5-3-4-6-20-2)19-10-11-7-12(15)9-13(16)8-11/h7-9H,3-6,10H2,1-2H3,(H2,17,18,19). The van der Waals surface area contributed by atoms with Crippen LogP contribution in [-0.4, -0.2) is 31.6 Å². The van der Waals surface area contributed by atoms with Crippen LogP contribution in [0.25, 0.3) is 0 Å². The highest BCUT2D eigenvalue weighted by Crippen LogP contribution is 2.14. The van der Waals surface area contributed by atoms with Gasteiger partial charge in [-0.15, -0.1) is 0 Å². The number of halogens is 2. The number of hydrogen-bond acceptors (Lipinski definition) is 2. The van der Waals surface area contributed by atoms with E-state index in [0.717, 1.165) is 29.0 Å². The third-order valence-corrected chi connectivity index (χ3v) is 3.83. The molecule has 0 heterocycles. The molecule has 0 aromatic heterocycles. The highest BCUT2D eigenvalue weighted by molar-refractivity contribution is 9.10. The van der Waals surface area contributed by atoms with E-state index in [-0.39, 0.29) is 5.82 Å². The molecule has 0 aliphatic heterocycles. The minimum Gasteiger partial charge on any atom is -0.356 e. The molecule has 0 spiro atoms. The van der Waals surface area contributed by atoms with Gasteiger partial charge < -0.3 is 10.6 Å². The van der Waals surface area contributed by atoms with Crippen molar-refractivity contribution in [3.05, 3.63) is 34.1 Å². The first-order chi connectivity index (χ1) is 9.65. The molecule has 0 aliphatic carbocycles. The predicted molar refractivity (Wildman–Crippen MR) is 89.9 cm³/mol. The molecule has 0 unspecified atom stereocenters. The number of aliphatic imine (C=N–C) groups is 1. The van der Waals surface area contributed by atoms with Gasteiger partial charge in [-0.25, -0.2) is 4.39 Å². The normalized spacial score (nSPS) is 11.5. The quantitative estimate of drug-likeness (QED) is 0.444. The van der Waals surface area contributed by atoms with Crippen LogP contribution in [0.4, 0.5) is 4.39 Å². The zero-order valence-electron chi connectivity index (χ0n) is 11.9. The number of nitrogens with one attached hydrogen (secondary N) is 2. The number of hydrogen-bond donors (Lipinski definition) is 2. The maximum absolute atomic E-state index is 13.2. The van der Waals surface area contributed by atoms with Crippen molar-refractivity contribution in [2.45, 2.75) is 19.4 Å². The van der Waals surface area contributed by atoms with Gasteiger partial charge in [0.1, 0.15) is 5.82 Å². The predicted octanol–water partition coefficient (Wildman–Crippen LogP) is 3.40. The summed E-state index contributed by atoms with van der Waals surface area (Å²) in [6.45, 7) is 1.44. The first-order valence-electron chi connectivity index (χ1n) is 6.54. The van der Waals surface area contributed by atoms with Crippen molar-refractivity contribution in [1.29, 1.82) is 0 Å². The summed E-state index contributed by atoms with van der Waals surface area (Å²) in [6.07, 6.45) is 4.43. The molecule has 20 heavy (non-hydrogen) atoms. The molecule has 0 atom stereocenters. The van der Waals surface area contributed by atoms with Crippen molar-refractivity contribution in [3.8, 4) is 0 Å². The molecule has 0 saturated carbocycles. The van der Waals surface area contributed by atoms with Crippen molar-refractivity contribution in [3.63, 3.8) is 0 Å². The Labute approximate surface area is 133 Å². The number of benzene rings is 1. The molecule has 1 aromatic carbocycles. The minimum absolute atomic E-state index is 0.240. The third-order valence-electron chi connectivity index (χ3n) is 2.67. The number of nitrogens with zero attached hydrogens (tertiary/aromatic N) is 1. The first-order valence-corrected chi connectivity index (χ1v) is 8.73. The molecule has 0 aliphatic rings. The maximum Gasteiger partial charge on any atom is 0.191 e. The van der Waals surface area contributed by atoms with Crippen LogP contribution in [0.1, 0.15) is 18.4 Å². The zero-order chi connectivity index (χ0) is 14.8. The summed E-state index contributed by atoms with van der Waals surface area (Å²) >= 11 is 5.15. The van der Waals surface area contributed by atoms with Gasteiger partial charge in [0.15, 0.2) is 5.96 Å². The smallest absolute Gasteiger partial charge is 0.191 e. The summed E-state index contributed by atoms with van der Waals surface area (Å²) in [6, 6.07) is 4.85. The Morgan fingerprint density at radius 2 is 2.10 bits per heavy atom. The van der Waals surface area contributed by atoms with E-state index in [1.807, 2.05) is 17.8 Å². The van der Waals surface area contributed by atoms with E-state index in [9.17, 15) is 4.39 Å². The monoisotopic (exact) mass is 361 g/mol. The number of rotatable bonds is 7. The molecule has 0 bridgehead atoms. The van der Waals surface area contributed by atoms with Crippen LogP contribution in [0.5, 0.6) is 0 Å². The van der Waals surface area contributed by atoms with Crippen molar-refractivity contribution < 1.29 is 4.39 Å². The van der Waals surface area contributed by atoms with Crippen molar-refractivity contribution in [1.82, 2.24) is 10.6 Å². The number of guanidine groups is 1. The van der Waals surface area contributed by atoms with Crippen LogP contribution < -0.4 is 10.6 Å². The summed E-state index contributed by atoms with van der Waals surface area (Å²) in [5.41, 5.74) is 0.877. The molecule has 0 fully saturated rings. The van der Waals surface area contributed by atoms with E-state index in [4.69, 9.17) is 0 Å². The van der Waals surface area contributed by atoms with Crippen LogP contribution in [0.2, 0.25) is 0 Å². The fourth-order valence-corrected chi connectivity index (χ4v) is 2.70. The number of unbranched alkanes of at least 4 members (excludes halogenated alkanes) is 1. The van der Waals surface area contributed by atoms with E-state index >= 15 is 0 Å². The Balaban J connectivity index is 2.34. The topological polar surface area (TPSA) is 36.4 Å². The highest BCUT2D eigenvalue weighted by Gasteiger charge is 2.01. The fourth-order valence-electron chi connectivity index (χ4n) is 1.70. The lowest BCUT2D eigenvalue weighted by atomic mass is 10.2. The van der Waals surface area contributed by atoms with Crippen LogP contribution in [0.3, 0.4) is 0 Å². The van der Waals surface area contributed by atoms with Gasteiger partial charge in [-0.1, -0.05) is 15.9 Å². The molecule has 0 saturated heterocycles. The van der Waals surface area contributed by atoms with E-state index in [2.05, 4.69) is 37.8 Å². The molecular weight excluding hydrogens is 341 g/mol. The Hall–Kier alpha value is -0.750. The lowest BCUT2D eigenvalue weighted by Gasteiger charge is -2.12. The second-order valence-corrected chi connectivity index (χ2v) is 6.23. The maximum atomic E-state index is 13.2. The summed E-state index contributed by atoms with van der Waals surface area (Å²) < 4.78 is 14.0. The van der Waals surface area contributed by atoms with Gasteiger partial charge in [-0.2, -0.15) is 11.8 Å². The van der Waals surface area contributed by atoms with E-state index in [1.54, 1.807) is 7.05 Å². The molecule has 0 amide bonds. The fraction of sp³-hybridized carbons (Fsp3) is 0.500. The average molecular weight is 362 g/mol. The van der Waals surface area contributed by atoms with Crippen LogP contribution in [0, 0.1) is 5.82 Å². The summed E-state index contributed by atoms with van der Waals surface area (Å²) in [4.78, 5) is 4.15. The number of thioether (sulfide) groups is 1. The van der Waals surface area contributed by atoms with Crippen LogP contribution in [-0.2, 0) is 6.54 Å². The molecule has 0 radical (unpaired) electrons. The van der Waals surface area contributed by atoms with Gasteiger partial charge in [-0.3, -0.25) is 4.99 Å². The first kappa shape index (κ1) is 17.3. The van der Waals surface area contributed by atoms with Gasteiger partial charge >= 0.3 is 0 Å². The lowest BCUT2D eigenvalue weighted by molar-refractivity contribution is 0.623. The van der Waals surface area contributed by atoms with E-state index in [0.29, 0.717) is 6.54 Å². The lowest BCUT2D eigenvalue weighted by Crippen LogP contribution is -2.37. The zero-order valence-corrected chi connectivity index (χ0v) is 14.3. The van der Waals surface area contributed by atoms with Crippen molar-refractivity contribution >= 4 is 33.7 Å². The van der Waals surface area contributed by atoms with Gasteiger partial charge in [0.05, 0.1) is 0 Å². The van der Waals surface area contributed by atoms with Crippen LogP contribution in [0.15, 0.2) is 27.7 Å². The van der Waals surface area contributed by atoms with Gasteiger partial charge in [-0.05, 0) is 48.6 Å². The Bertz CT molecular complexity index is 420. The van der Waals surface area contributed by atoms with Crippen molar-refractivity contribution in [2.75, 3.05) is 25.6 Å². The molecule has 112 valence electrons. The molecule has 3 nitrogen and oxygen atoms in total. The van der Waals surface area contributed by atoms with Crippen LogP contribution >= 0.6 is 27.7 Å². The SMILES string of the molecule is CN=C(NCCCCSC)NCc1cc(F)cc(Br)c1. The molecule has 1 aromatic rings. The minimum atomic E-state index is -0.240. The molecule has 6 heteroatoms. The average Bonchev–Trinajstić information content (AvgIpc) is 2.41. The van der Waals surface area contributed by atoms with E-state index < -0.39 is 0 Å². The van der Waals surface area contributed by atoms with E-state index in [1.165, 1.54) is 24.3 Å². The highest BCUT2D eigenvalue weighted by atomic mass is 79.9. The largest absolute Gasteiger partial charge is 0.356 e. The third kappa shape index (κ3) is 7.14. The van der Waals surface area contributed by atoms with Crippen molar-refractivity contribution in [2.24, 2.45) is 4.99 Å². The summed E-state index contributed by atoms with van der Waals surface area (Å²) in [7, 11) is 1.73. The molecule has 1 rings (SSSR count). The van der Waals surface area contributed by atoms with Gasteiger partial charge in [0.2, 0.25) is 0 Å². The molecular formula is C14H21BrFN3S. The molecule has 2 N–H and O–H groups in total. The van der Waals surface area contributed by atoms with Gasteiger partial charge in [0, 0.05) is 24.6 Å². The summed E-state index contributed by atoms with van der Waals surface area (Å²) in [5, 5.41) is 6.43. The Morgan fingerprint density at radius 3 is 2.75 bits per heavy atom. The Kier molecular flexibility index (Phi) is 8.69.